The van der Waals surface area contributed by atoms with Crippen LogP contribution in [0.1, 0.15) is 60.8 Å². The molecule has 0 atom stereocenters. The summed E-state index contributed by atoms with van der Waals surface area (Å²) in [6, 6.07) is 23.7. The van der Waals surface area contributed by atoms with Gasteiger partial charge in [0.2, 0.25) is 0 Å². The van der Waals surface area contributed by atoms with Gasteiger partial charge in [-0.15, -0.1) is 4.36 Å². The molecular formula is C35H39N7O3S. The summed E-state index contributed by atoms with van der Waals surface area (Å²) in [6.07, 6.45) is 2.62. The Morgan fingerprint density at radius 3 is 2.24 bits per heavy atom. The standard InChI is InChI=1S/C35H39N7O3S/c1-23-9-15-27(16-10-23)42-31(22-30(39-42)35(2,3)4)38-33(44)36-26-13-11-24(12-14-26)21-25-17-19-41(20-18-25)32(43)28-7-5-6-8-29(28)37-34(45)40-46/h5-16,22,25H,17-21H2,1-4H3,(H,37,45)(H2,36,38,44). The lowest BCUT2D eigenvalue weighted by atomic mass is 9.90. The van der Waals surface area contributed by atoms with E-state index in [0.717, 1.165) is 36.2 Å². The third-order valence-corrected chi connectivity index (χ3v) is 8.28. The van der Waals surface area contributed by atoms with Crippen molar-refractivity contribution in [2.45, 2.75) is 52.4 Å². The highest BCUT2D eigenvalue weighted by molar-refractivity contribution is 7.47. The average Bonchev–Trinajstić information content (AvgIpc) is 3.47. The molecule has 0 aliphatic carbocycles. The lowest BCUT2D eigenvalue weighted by molar-refractivity contribution is 0.0691. The molecule has 0 spiro atoms. The van der Waals surface area contributed by atoms with Gasteiger partial charge in [0, 0.05) is 42.7 Å². The summed E-state index contributed by atoms with van der Waals surface area (Å²) in [6.45, 7) is 9.57. The fourth-order valence-electron chi connectivity index (χ4n) is 5.48. The fourth-order valence-corrected chi connectivity index (χ4v) is 5.53. The van der Waals surface area contributed by atoms with Crippen LogP contribution in [0.4, 0.5) is 26.8 Å². The maximum absolute atomic E-state index is 13.2. The third-order valence-electron chi connectivity index (χ3n) is 8.12. The van der Waals surface area contributed by atoms with Crippen molar-refractivity contribution in [1.29, 1.82) is 0 Å². The van der Waals surface area contributed by atoms with E-state index in [2.05, 4.69) is 53.5 Å². The zero-order chi connectivity index (χ0) is 32.8. The highest BCUT2D eigenvalue weighted by Crippen LogP contribution is 2.28. The largest absolute Gasteiger partial charge is 0.356 e. The highest BCUT2D eigenvalue weighted by atomic mass is 32.1. The summed E-state index contributed by atoms with van der Waals surface area (Å²) in [5.74, 6) is 0.899. The number of anilines is 3. The van der Waals surface area contributed by atoms with Crippen LogP contribution in [0, 0.1) is 12.8 Å². The molecule has 0 radical (unpaired) electrons. The first-order chi connectivity index (χ1) is 22.0. The Bertz CT molecular complexity index is 1720. The summed E-state index contributed by atoms with van der Waals surface area (Å²) in [5, 5.41) is 13.3. The number of amides is 5. The number of rotatable bonds is 7. The molecule has 3 aromatic carbocycles. The molecule has 2 heterocycles. The summed E-state index contributed by atoms with van der Waals surface area (Å²) >= 11 is 4.45. The number of hydrogen-bond acceptors (Lipinski definition) is 5. The molecule has 4 aromatic rings. The van der Waals surface area contributed by atoms with Gasteiger partial charge in [0.25, 0.3) is 5.91 Å². The smallest absolute Gasteiger partial charge is 0.339 e. The van der Waals surface area contributed by atoms with Gasteiger partial charge in [0.1, 0.15) is 5.82 Å². The Hall–Kier alpha value is -4.90. The minimum atomic E-state index is -0.670. The minimum Gasteiger partial charge on any atom is -0.339 e. The van der Waals surface area contributed by atoms with Crippen LogP contribution in [0.3, 0.4) is 0 Å². The SMILES string of the molecule is Cc1ccc(-n2nc(C(C)(C)C)cc2NC(=O)Nc2ccc(CC3CCN(C(=O)c4ccccc4NC(=O)N=S)CC3)cc2)cc1. The molecule has 1 aliphatic heterocycles. The minimum absolute atomic E-state index is 0.121. The molecule has 5 rings (SSSR count). The molecule has 1 aromatic heterocycles. The van der Waals surface area contributed by atoms with Crippen molar-refractivity contribution in [3.63, 3.8) is 0 Å². The second-order valence-corrected chi connectivity index (χ2v) is 12.9. The molecule has 238 valence electrons. The molecule has 10 nitrogen and oxygen atoms in total. The summed E-state index contributed by atoms with van der Waals surface area (Å²) in [4.78, 5) is 39.7. The van der Waals surface area contributed by atoms with Gasteiger partial charge in [0.05, 0.1) is 22.6 Å². The Labute approximate surface area is 274 Å². The van der Waals surface area contributed by atoms with Crippen LogP contribution in [0.15, 0.2) is 83.2 Å². The van der Waals surface area contributed by atoms with E-state index < -0.39 is 6.03 Å². The number of nitrogens with zero attached hydrogens (tertiary/aromatic N) is 4. The van der Waals surface area contributed by atoms with E-state index in [4.69, 9.17) is 5.10 Å². The van der Waals surface area contributed by atoms with Gasteiger partial charge in [-0.05, 0) is 74.1 Å². The number of carbonyl (C=O) groups excluding carboxylic acids is 3. The predicted octanol–water partition coefficient (Wildman–Crippen LogP) is 7.48. The van der Waals surface area contributed by atoms with Crippen molar-refractivity contribution in [1.82, 2.24) is 14.7 Å². The van der Waals surface area contributed by atoms with Crippen LogP contribution in [-0.2, 0) is 24.3 Å². The topological polar surface area (TPSA) is 121 Å². The van der Waals surface area contributed by atoms with E-state index in [0.29, 0.717) is 41.8 Å². The molecular weight excluding hydrogens is 598 g/mol. The number of urea groups is 2. The number of carbonyl (C=O) groups is 3. The highest BCUT2D eigenvalue weighted by Gasteiger charge is 2.26. The van der Waals surface area contributed by atoms with Crippen molar-refractivity contribution in [2.75, 3.05) is 29.0 Å². The number of benzene rings is 3. The van der Waals surface area contributed by atoms with Crippen LogP contribution in [-0.4, -0.2) is 45.7 Å². The molecule has 0 bridgehead atoms. The summed E-state index contributed by atoms with van der Waals surface area (Å²) < 4.78 is 4.95. The van der Waals surface area contributed by atoms with E-state index in [-0.39, 0.29) is 17.4 Å². The number of likely N-dealkylation sites (tertiary alicyclic amines) is 1. The monoisotopic (exact) mass is 637 g/mol. The molecule has 46 heavy (non-hydrogen) atoms. The van der Waals surface area contributed by atoms with Gasteiger partial charge in [-0.1, -0.05) is 62.7 Å². The number of aromatic nitrogens is 2. The van der Waals surface area contributed by atoms with E-state index in [9.17, 15) is 14.4 Å². The van der Waals surface area contributed by atoms with Crippen molar-refractivity contribution in [3.05, 3.63) is 101 Å². The summed E-state index contributed by atoms with van der Waals surface area (Å²) in [7, 11) is 0. The Morgan fingerprint density at radius 1 is 0.913 bits per heavy atom. The van der Waals surface area contributed by atoms with Crippen LogP contribution >= 0.6 is 0 Å². The molecule has 1 fully saturated rings. The number of hydrogen-bond donors (Lipinski definition) is 3. The fraction of sp³-hybridized carbons (Fsp3) is 0.314. The van der Waals surface area contributed by atoms with Crippen LogP contribution < -0.4 is 16.0 Å². The zero-order valence-electron chi connectivity index (χ0n) is 26.5. The number of nitrogens with one attached hydrogen (secondary N) is 3. The first kappa shape index (κ1) is 32.5. The van der Waals surface area contributed by atoms with Gasteiger partial charge in [-0.3, -0.25) is 10.1 Å². The number of aryl methyl sites for hydroxylation is 1. The number of para-hydroxylation sites is 1. The van der Waals surface area contributed by atoms with Gasteiger partial charge >= 0.3 is 12.1 Å². The molecule has 5 amide bonds. The zero-order valence-corrected chi connectivity index (χ0v) is 27.4. The van der Waals surface area contributed by atoms with E-state index >= 15 is 0 Å². The predicted molar refractivity (Wildman–Crippen MR) is 184 cm³/mol. The van der Waals surface area contributed by atoms with Gasteiger partial charge < -0.3 is 15.5 Å². The average molecular weight is 638 g/mol. The molecule has 3 N–H and O–H groups in total. The second kappa shape index (κ2) is 14.0. The van der Waals surface area contributed by atoms with Crippen molar-refractivity contribution >= 4 is 47.6 Å². The molecule has 0 saturated carbocycles. The van der Waals surface area contributed by atoms with Crippen LogP contribution in [0.2, 0.25) is 0 Å². The van der Waals surface area contributed by atoms with Crippen molar-refractivity contribution < 1.29 is 14.4 Å². The van der Waals surface area contributed by atoms with Gasteiger partial charge in [-0.25, -0.2) is 14.3 Å². The Morgan fingerprint density at radius 2 is 1.59 bits per heavy atom. The summed E-state index contributed by atoms with van der Waals surface area (Å²) in [5.41, 5.74) is 5.40. The van der Waals surface area contributed by atoms with Gasteiger partial charge in [0.15, 0.2) is 0 Å². The second-order valence-electron chi connectivity index (χ2n) is 12.7. The normalized spacial score (nSPS) is 13.6. The number of piperidine rings is 1. The van der Waals surface area contributed by atoms with E-state index in [1.54, 1.807) is 28.9 Å². The lowest BCUT2D eigenvalue weighted by Gasteiger charge is -2.32. The van der Waals surface area contributed by atoms with E-state index in [1.807, 2.05) is 66.4 Å². The molecule has 11 heteroatoms. The Balaban J connectivity index is 1.15. The Kier molecular flexibility index (Phi) is 9.91. The third kappa shape index (κ3) is 8.02. The van der Waals surface area contributed by atoms with Crippen LogP contribution in [0.25, 0.3) is 5.69 Å². The van der Waals surface area contributed by atoms with Crippen LogP contribution in [0.5, 0.6) is 0 Å². The maximum atomic E-state index is 13.2. The van der Waals surface area contributed by atoms with Crippen molar-refractivity contribution in [3.8, 4) is 5.69 Å². The molecule has 1 aliphatic rings. The first-order valence-corrected chi connectivity index (χ1v) is 15.7. The first-order valence-electron chi connectivity index (χ1n) is 15.4. The lowest BCUT2D eigenvalue weighted by Crippen LogP contribution is -2.39. The van der Waals surface area contributed by atoms with Gasteiger partial charge in [-0.2, -0.15) is 5.10 Å². The van der Waals surface area contributed by atoms with E-state index in [1.165, 1.54) is 5.56 Å². The van der Waals surface area contributed by atoms with Crippen molar-refractivity contribution in [2.24, 2.45) is 10.3 Å². The quantitative estimate of drug-likeness (QED) is 0.194. The molecule has 1 saturated heterocycles. The molecule has 0 unspecified atom stereocenters. The maximum Gasteiger partial charge on any atom is 0.356 e.